The molecule has 0 atom stereocenters. The summed E-state index contributed by atoms with van der Waals surface area (Å²) < 4.78 is 11.8. The van der Waals surface area contributed by atoms with Crippen molar-refractivity contribution < 1.29 is 4.42 Å². The van der Waals surface area contributed by atoms with Crippen LogP contribution in [0.4, 0.5) is 0 Å². The Balaban J connectivity index is 0.990. The monoisotopic (exact) mass is 896 g/mol. The molecule has 0 fully saturated rings. The van der Waals surface area contributed by atoms with Gasteiger partial charge in [-0.1, -0.05) is 146 Å². The summed E-state index contributed by atoms with van der Waals surface area (Å²) in [7, 11) is 0. The molecular formula is C63H36N4OS. The molecule has 0 aliphatic rings. The van der Waals surface area contributed by atoms with Crippen LogP contribution >= 0.6 is 11.3 Å². The van der Waals surface area contributed by atoms with Crippen molar-refractivity contribution in [2.24, 2.45) is 0 Å². The zero-order valence-corrected chi connectivity index (χ0v) is 37.7. The van der Waals surface area contributed by atoms with Crippen molar-refractivity contribution >= 4 is 91.5 Å². The molecule has 5 heterocycles. The van der Waals surface area contributed by atoms with Gasteiger partial charge in [0, 0.05) is 58.4 Å². The molecule has 6 heteroatoms. The molecular weight excluding hydrogens is 861 g/mol. The van der Waals surface area contributed by atoms with Gasteiger partial charge in [0.05, 0.1) is 21.9 Å². The van der Waals surface area contributed by atoms with Crippen LogP contribution in [0.1, 0.15) is 0 Å². The van der Waals surface area contributed by atoms with Gasteiger partial charge in [0.25, 0.3) is 0 Å². The smallest absolute Gasteiger partial charge is 0.164 e. The van der Waals surface area contributed by atoms with E-state index in [0.29, 0.717) is 17.5 Å². The Hall–Kier alpha value is -8.97. The molecule has 0 unspecified atom stereocenters. The normalized spacial score (nSPS) is 12.1. The summed E-state index contributed by atoms with van der Waals surface area (Å²) in [6.07, 6.45) is 0. The Morgan fingerprint density at radius 2 is 0.913 bits per heavy atom. The highest BCUT2D eigenvalue weighted by Crippen LogP contribution is 2.47. The first-order valence-corrected chi connectivity index (χ1v) is 24.1. The molecule has 0 N–H and O–H groups in total. The van der Waals surface area contributed by atoms with E-state index < -0.39 is 0 Å². The van der Waals surface area contributed by atoms with Crippen LogP contribution in [-0.2, 0) is 0 Å². The predicted octanol–water partition coefficient (Wildman–Crippen LogP) is 17.3. The number of hydrogen-bond donors (Lipinski definition) is 0. The second-order valence-electron chi connectivity index (χ2n) is 17.9. The Labute approximate surface area is 399 Å². The molecule has 15 rings (SSSR count). The maximum atomic E-state index is 6.90. The zero-order valence-electron chi connectivity index (χ0n) is 36.9. The lowest BCUT2D eigenvalue weighted by Gasteiger charge is -2.15. The zero-order chi connectivity index (χ0) is 45.2. The van der Waals surface area contributed by atoms with Crippen LogP contribution in [0.25, 0.3) is 148 Å². The van der Waals surface area contributed by atoms with E-state index in [-0.39, 0.29) is 0 Å². The van der Waals surface area contributed by atoms with E-state index in [2.05, 4.69) is 223 Å². The molecule has 0 amide bonds. The van der Waals surface area contributed by atoms with Crippen LogP contribution in [0, 0.1) is 0 Å². The fourth-order valence-corrected chi connectivity index (χ4v) is 12.0. The molecule has 0 saturated carbocycles. The average molecular weight is 897 g/mol. The Morgan fingerprint density at radius 1 is 0.319 bits per heavy atom. The predicted molar refractivity (Wildman–Crippen MR) is 287 cm³/mol. The maximum absolute atomic E-state index is 6.90. The number of furan rings is 1. The van der Waals surface area contributed by atoms with Gasteiger partial charge in [-0.3, -0.25) is 0 Å². The van der Waals surface area contributed by atoms with Gasteiger partial charge >= 0.3 is 0 Å². The molecule has 0 saturated heterocycles. The van der Waals surface area contributed by atoms with E-state index in [1.54, 1.807) is 0 Å². The van der Waals surface area contributed by atoms with E-state index in [9.17, 15) is 0 Å². The van der Waals surface area contributed by atoms with Crippen LogP contribution in [-0.4, -0.2) is 19.4 Å². The number of benzene rings is 10. The summed E-state index contributed by atoms with van der Waals surface area (Å²) in [6.45, 7) is 0. The minimum Gasteiger partial charge on any atom is -0.456 e. The minimum absolute atomic E-state index is 0.590. The van der Waals surface area contributed by atoms with Crippen LogP contribution in [0.2, 0.25) is 0 Å². The van der Waals surface area contributed by atoms with Gasteiger partial charge in [-0.2, -0.15) is 0 Å². The first-order chi connectivity index (χ1) is 34.2. The lowest BCUT2D eigenvalue weighted by Crippen LogP contribution is -2.02. The Morgan fingerprint density at radius 3 is 1.70 bits per heavy atom. The summed E-state index contributed by atoms with van der Waals surface area (Å²) in [6, 6.07) is 77.8. The van der Waals surface area contributed by atoms with Crippen molar-refractivity contribution in [1.29, 1.82) is 0 Å². The van der Waals surface area contributed by atoms with Crippen molar-refractivity contribution in [1.82, 2.24) is 19.4 Å². The number of nitrogens with zero attached hydrogens (tertiary/aromatic N) is 4. The number of hydrogen-bond acceptors (Lipinski definition) is 5. The Kier molecular flexibility index (Phi) is 8.17. The largest absolute Gasteiger partial charge is 0.456 e. The van der Waals surface area contributed by atoms with E-state index in [1.165, 1.54) is 42.0 Å². The minimum atomic E-state index is 0.590. The highest BCUT2D eigenvalue weighted by molar-refractivity contribution is 7.25. The van der Waals surface area contributed by atoms with E-state index in [4.69, 9.17) is 19.4 Å². The molecule has 0 radical (unpaired) electrons. The SMILES string of the molecule is c1ccc(-c2ccc(-c3nc(-c4ccc5sc6ccccc6c5c4)nc(-c4ccccc4-c4cc5oc6ccc7c8ccccc8n8c9ccccc9c(c4)c5c6c78)n3)c(-c3ccccc3)c2)cc1. The quantitative estimate of drug-likeness (QED) is 0.167. The summed E-state index contributed by atoms with van der Waals surface area (Å²) in [5.41, 5.74) is 14.4. The van der Waals surface area contributed by atoms with E-state index >= 15 is 0 Å². The molecule has 15 aromatic rings. The lowest BCUT2D eigenvalue weighted by atomic mass is 9.93. The number of aromatic nitrogens is 4. The number of rotatable bonds is 6. The van der Waals surface area contributed by atoms with Crippen molar-refractivity contribution in [3.63, 3.8) is 0 Å². The second kappa shape index (κ2) is 14.8. The molecule has 5 nitrogen and oxygen atoms in total. The Bertz CT molecular complexity index is 4530. The van der Waals surface area contributed by atoms with Crippen molar-refractivity contribution in [2.75, 3.05) is 0 Å². The van der Waals surface area contributed by atoms with Crippen LogP contribution in [0.15, 0.2) is 223 Å². The van der Waals surface area contributed by atoms with Gasteiger partial charge in [0.1, 0.15) is 11.2 Å². The highest BCUT2D eigenvalue weighted by atomic mass is 32.1. The van der Waals surface area contributed by atoms with Gasteiger partial charge in [-0.05, 0) is 112 Å². The molecule has 10 aromatic carbocycles. The van der Waals surface area contributed by atoms with E-state index in [1.807, 2.05) is 11.3 Å². The van der Waals surface area contributed by atoms with Gasteiger partial charge < -0.3 is 8.82 Å². The number of para-hydroxylation sites is 2. The first kappa shape index (κ1) is 38.2. The average Bonchev–Trinajstić information content (AvgIpc) is 4.07. The van der Waals surface area contributed by atoms with Crippen LogP contribution < -0.4 is 0 Å². The summed E-state index contributed by atoms with van der Waals surface area (Å²) in [4.78, 5) is 16.3. The molecule has 0 spiro atoms. The molecule has 0 aliphatic carbocycles. The lowest BCUT2D eigenvalue weighted by molar-refractivity contribution is 0.669. The molecule has 5 aromatic heterocycles. The van der Waals surface area contributed by atoms with Gasteiger partial charge in [0.15, 0.2) is 17.5 Å². The van der Waals surface area contributed by atoms with Crippen molar-refractivity contribution in [2.45, 2.75) is 0 Å². The van der Waals surface area contributed by atoms with Gasteiger partial charge in [0.2, 0.25) is 0 Å². The summed E-state index contributed by atoms with van der Waals surface area (Å²) in [5.74, 6) is 1.80. The second-order valence-corrected chi connectivity index (χ2v) is 18.9. The molecule has 0 aliphatic heterocycles. The fraction of sp³-hybridized carbons (Fsp3) is 0. The summed E-state index contributed by atoms with van der Waals surface area (Å²) in [5, 5.41) is 9.41. The van der Waals surface area contributed by atoms with Gasteiger partial charge in [-0.25, -0.2) is 15.0 Å². The third kappa shape index (κ3) is 5.79. The first-order valence-electron chi connectivity index (χ1n) is 23.3. The van der Waals surface area contributed by atoms with Crippen molar-refractivity contribution in [3.8, 4) is 67.5 Å². The molecule has 320 valence electrons. The number of fused-ring (bicyclic) bond motifs is 9. The topological polar surface area (TPSA) is 56.2 Å². The number of thiophene rings is 1. The van der Waals surface area contributed by atoms with Crippen LogP contribution in [0.3, 0.4) is 0 Å². The summed E-state index contributed by atoms with van der Waals surface area (Å²) >= 11 is 1.81. The van der Waals surface area contributed by atoms with Crippen LogP contribution in [0.5, 0.6) is 0 Å². The third-order valence-electron chi connectivity index (χ3n) is 14.0. The third-order valence-corrected chi connectivity index (χ3v) is 15.2. The maximum Gasteiger partial charge on any atom is 0.164 e. The highest BCUT2D eigenvalue weighted by Gasteiger charge is 2.24. The molecule has 0 bridgehead atoms. The van der Waals surface area contributed by atoms with Crippen molar-refractivity contribution in [3.05, 3.63) is 218 Å². The van der Waals surface area contributed by atoms with Gasteiger partial charge in [-0.15, -0.1) is 11.3 Å². The molecule has 69 heavy (non-hydrogen) atoms. The van der Waals surface area contributed by atoms with E-state index in [0.717, 1.165) is 88.3 Å². The standard InChI is InChI=1S/C63H36N4OS/c1-3-15-37(16-4-1)39-27-29-48(49(33-39)38-17-5-2-6-18-38)63-65-61(40-28-32-57-50(34-40)45-22-11-14-26-56(45)69-57)64-62(66-63)47-23-8-7-19-42(47)41-35-51-44-21-10-13-25-53(44)67-52-24-12-9-20-43(52)46-30-31-54-59(60(46)67)58(51)55(36-41)68-54/h1-36H. The fourth-order valence-electron chi connectivity index (χ4n) is 10.9.